The van der Waals surface area contributed by atoms with Crippen LogP contribution in [0.25, 0.3) is 10.1 Å². The van der Waals surface area contributed by atoms with Gasteiger partial charge in [0.15, 0.2) is 0 Å². The molecule has 0 fully saturated rings. The van der Waals surface area contributed by atoms with Gasteiger partial charge in [-0.1, -0.05) is 29.3 Å². The molecule has 8 heteroatoms. The third kappa shape index (κ3) is 3.45. The van der Waals surface area contributed by atoms with Gasteiger partial charge in [0.25, 0.3) is 5.56 Å². The smallest absolute Gasteiger partial charge is 0.275 e. The van der Waals surface area contributed by atoms with Crippen LogP contribution in [0.5, 0.6) is 0 Å². The van der Waals surface area contributed by atoms with Crippen molar-refractivity contribution in [2.75, 3.05) is 0 Å². The summed E-state index contributed by atoms with van der Waals surface area (Å²) in [5.41, 5.74) is 0.553. The van der Waals surface area contributed by atoms with Crippen molar-refractivity contribution in [3.63, 3.8) is 0 Å². The predicted octanol–water partition coefficient (Wildman–Crippen LogP) is 3.64. The maximum absolute atomic E-state index is 12.3. The van der Waals surface area contributed by atoms with Gasteiger partial charge in [0, 0.05) is 0 Å². The Balaban J connectivity index is 1.73. The number of hydrogen-bond acceptors (Lipinski definition) is 4. The van der Waals surface area contributed by atoms with E-state index >= 15 is 0 Å². The van der Waals surface area contributed by atoms with Crippen LogP contribution in [0, 0.1) is 0 Å². The summed E-state index contributed by atoms with van der Waals surface area (Å²) in [6.07, 6.45) is 1.59. The first-order valence-electron chi connectivity index (χ1n) is 7.13. The first-order chi connectivity index (χ1) is 11.5. The van der Waals surface area contributed by atoms with Crippen LogP contribution < -0.4 is 10.9 Å². The molecule has 2 aromatic heterocycles. The van der Waals surface area contributed by atoms with E-state index in [2.05, 4.69) is 10.4 Å². The normalized spacial score (nSPS) is 12.3. The maximum atomic E-state index is 12.3. The molecule has 1 aromatic carbocycles. The second-order valence-corrected chi connectivity index (χ2v) is 7.03. The number of hydrogen-bond donors (Lipinski definition) is 1. The van der Waals surface area contributed by atoms with E-state index in [-0.39, 0.29) is 24.1 Å². The predicted molar refractivity (Wildman–Crippen MR) is 96.9 cm³/mol. The number of carbonyl (C=O) groups excluding carboxylic acids is 1. The van der Waals surface area contributed by atoms with Crippen LogP contribution in [0.2, 0.25) is 10.0 Å². The fraction of sp³-hybridized carbons (Fsp3) is 0.188. The molecular formula is C16H13Cl2N3O2S. The molecule has 24 heavy (non-hydrogen) atoms. The van der Waals surface area contributed by atoms with Gasteiger partial charge >= 0.3 is 0 Å². The average Bonchev–Trinajstić information content (AvgIpc) is 3.02. The van der Waals surface area contributed by atoms with Gasteiger partial charge in [-0.15, -0.1) is 11.3 Å². The van der Waals surface area contributed by atoms with Gasteiger partial charge in [-0.3, -0.25) is 9.59 Å². The van der Waals surface area contributed by atoms with Gasteiger partial charge in [0.2, 0.25) is 5.91 Å². The Morgan fingerprint density at radius 3 is 2.88 bits per heavy atom. The summed E-state index contributed by atoms with van der Waals surface area (Å²) in [5.74, 6) is -0.308. The molecule has 0 saturated carbocycles. The Labute approximate surface area is 151 Å². The molecule has 0 saturated heterocycles. The highest BCUT2D eigenvalue weighted by Gasteiger charge is 2.13. The minimum absolute atomic E-state index is 0.143. The molecule has 2 heterocycles. The monoisotopic (exact) mass is 381 g/mol. The molecule has 0 unspecified atom stereocenters. The van der Waals surface area contributed by atoms with Gasteiger partial charge in [-0.25, -0.2) is 4.68 Å². The van der Waals surface area contributed by atoms with Crippen LogP contribution in [-0.2, 0) is 11.3 Å². The lowest BCUT2D eigenvalue weighted by Gasteiger charge is -2.15. The van der Waals surface area contributed by atoms with Crippen molar-refractivity contribution in [2.45, 2.75) is 19.5 Å². The van der Waals surface area contributed by atoms with Crippen molar-refractivity contribution in [1.82, 2.24) is 15.1 Å². The quantitative estimate of drug-likeness (QED) is 0.749. The third-order valence-electron chi connectivity index (χ3n) is 3.59. The summed E-state index contributed by atoms with van der Waals surface area (Å²) in [4.78, 5) is 24.5. The van der Waals surface area contributed by atoms with Crippen molar-refractivity contribution in [3.05, 3.63) is 61.8 Å². The largest absolute Gasteiger partial charge is 0.348 e. The first kappa shape index (κ1) is 17.0. The zero-order chi connectivity index (χ0) is 17.3. The summed E-state index contributed by atoms with van der Waals surface area (Å²) in [5, 5.41) is 10.1. The highest BCUT2D eigenvalue weighted by Crippen LogP contribution is 2.25. The Morgan fingerprint density at radius 1 is 1.33 bits per heavy atom. The zero-order valence-corrected chi connectivity index (χ0v) is 15.0. The highest BCUT2D eigenvalue weighted by molar-refractivity contribution is 7.17. The van der Waals surface area contributed by atoms with Crippen molar-refractivity contribution in [2.24, 2.45) is 0 Å². The Hall–Kier alpha value is -1.89. The number of rotatable bonds is 4. The van der Waals surface area contributed by atoms with Crippen LogP contribution in [-0.4, -0.2) is 15.7 Å². The molecule has 0 aliphatic carbocycles. The molecule has 3 aromatic rings. The number of amides is 1. The molecule has 3 rings (SSSR count). The van der Waals surface area contributed by atoms with Crippen molar-refractivity contribution < 1.29 is 4.79 Å². The maximum Gasteiger partial charge on any atom is 0.275 e. The van der Waals surface area contributed by atoms with Gasteiger partial charge < -0.3 is 5.32 Å². The minimum Gasteiger partial charge on any atom is -0.348 e. The Bertz CT molecular complexity index is 967. The van der Waals surface area contributed by atoms with E-state index in [1.807, 2.05) is 12.3 Å². The summed E-state index contributed by atoms with van der Waals surface area (Å²) in [6.45, 7) is 1.69. The molecule has 0 spiro atoms. The molecule has 0 aliphatic heterocycles. The standard InChI is InChI=1S/C16H13Cl2N3O2S/c1-9(10-2-3-12(17)13(18)6-10)20-15(22)8-21-16(23)11-4-5-24-14(11)7-19-21/h2-7,9H,8H2,1H3,(H,20,22)/t9-/m0/s1. The Morgan fingerprint density at radius 2 is 2.12 bits per heavy atom. The van der Waals surface area contributed by atoms with E-state index in [1.165, 1.54) is 11.3 Å². The average molecular weight is 382 g/mol. The lowest BCUT2D eigenvalue weighted by molar-refractivity contribution is -0.122. The number of benzene rings is 1. The lowest BCUT2D eigenvalue weighted by Crippen LogP contribution is -2.34. The van der Waals surface area contributed by atoms with E-state index in [4.69, 9.17) is 23.2 Å². The van der Waals surface area contributed by atoms with Crippen molar-refractivity contribution >= 4 is 50.5 Å². The molecule has 5 nitrogen and oxygen atoms in total. The summed E-state index contributed by atoms with van der Waals surface area (Å²) < 4.78 is 1.97. The van der Waals surface area contributed by atoms with Crippen LogP contribution >= 0.6 is 34.5 Å². The summed E-state index contributed by atoms with van der Waals surface area (Å²) in [6, 6.07) is 6.64. The molecule has 0 aliphatic rings. The van der Waals surface area contributed by atoms with E-state index in [0.29, 0.717) is 15.4 Å². The molecule has 124 valence electrons. The van der Waals surface area contributed by atoms with Crippen LogP contribution in [0.15, 0.2) is 40.6 Å². The number of nitrogens with one attached hydrogen (secondary N) is 1. The fourth-order valence-electron chi connectivity index (χ4n) is 2.31. The van der Waals surface area contributed by atoms with Crippen LogP contribution in [0.3, 0.4) is 0 Å². The number of carbonyl (C=O) groups is 1. The van der Waals surface area contributed by atoms with E-state index < -0.39 is 0 Å². The molecular weight excluding hydrogens is 369 g/mol. The van der Waals surface area contributed by atoms with E-state index in [9.17, 15) is 9.59 Å². The van der Waals surface area contributed by atoms with Crippen molar-refractivity contribution in [3.8, 4) is 0 Å². The Kier molecular flexibility index (Phi) is 4.89. The zero-order valence-electron chi connectivity index (χ0n) is 12.6. The van der Waals surface area contributed by atoms with Crippen LogP contribution in [0.4, 0.5) is 0 Å². The lowest BCUT2D eigenvalue weighted by atomic mass is 10.1. The molecule has 1 N–H and O–H groups in total. The number of nitrogens with zero attached hydrogens (tertiary/aromatic N) is 2. The molecule has 0 radical (unpaired) electrons. The molecule has 0 bridgehead atoms. The van der Waals surface area contributed by atoms with Gasteiger partial charge in [0.05, 0.1) is 32.4 Å². The van der Waals surface area contributed by atoms with E-state index in [0.717, 1.165) is 14.9 Å². The van der Waals surface area contributed by atoms with Gasteiger partial charge in [0.1, 0.15) is 6.54 Å². The molecule has 1 atom stereocenters. The second-order valence-electron chi connectivity index (χ2n) is 5.27. The number of aromatic nitrogens is 2. The highest BCUT2D eigenvalue weighted by atomic mass is 35.5. The summed E-state index contributed by atoms with van der Waals surface area (Å²) >= 11 is 13.3. The van der Waals surface area contributed by atoms with Gasteiger partial charge in [-0.05, 0) is 36.1 Å². The van der Waals surface area contributed by atoms with E-state index in [1.54, 1.807) is 30.5 Å². The van der Waals surface area contributed by atoms with Crippen molar-refractivity contribution in [1.29, 1.82) is 0 Å². The second kappa shape index (κ2) is 6.93. The first-order valence-corrected chi connectivity index (χ1v) is 8.77. The third-order valence-corrected chi connectivity index (χ3v) is 5.18. The number of halogens is 2. The fourth-order valence-corrected chi connectivity index (χ4v) is 3.36. The number of thiophene rings is 1. The summed E-state index contributed by atoms with van der Waals surface area (Å²) in [7, 11) is 0. The minimum atomic E-state index is -0.308. The number of fused-ring (bicyclic) bond motifs is 1. The topological polar surface area (TPSA) is 64.0 Å². The molecule has 1 amide bonds. The van der Waals surface area contributed by atoms with Gasteiger partial charge in [-0.2, -0.15) is 5.10 Å². The van der Waals surface area contributed by atoms with Crippen LogP contribution in [0.1, 0.15) is 18.5 Å². The SMILES string of the molecule is C[C@H](NC(=O)Cn1ncc2sccc2c1=O)c1ccc(Cl)c(Cl)c1.